The summed E-state index contributed by atoms with van der Waals surface area (Å²) in [5.41, 5.74) is 0.938. The van der Waals surface area contributed by atoms with E-state index < -0.39 is 19.0 Å². The number of hydrogen-bond acceptors (Lipinski definition) is 2. The van der Waals surface area contributed by atoms with Crippen molar-refractivity contribution in [2.24, 2.45) is 0 Å². The lowest BCUT2D eigenvalue weighted by atomic mass is 10.2. The molecule has 1 aromatic rings. The van der Waals surface area contributed by atoms with Gasteiger partial charge in [-0.1, -0.05) is 0 Å². The van der Waals surface area contributed by atoms with Gasteiger partial charge in [-0.2, -0.15) is 8.78 Å². The molecule has 2 rings (SSSR count). The summed E-state index contributed by atoms with van der Waals surface area (Å²) in [5.74, 6) is -3.98. The van der Waals surface area contributed by atoms with Gasteiger partial charge in [0.25, 0.3) is 0 Å². The minimum atomic E-state index is -4.13. The Morgan fingerprint density at radius 3 is 2.30 bits per heavy atom. The predicted molar refractivity (Wildman–Crippen MR) is 67.0 cm³/mol. The Bertz CT molecular complexity index is 419. The summed E-state index contributed by atoms with van der Waals surface area (Å²) >= 11 is 0. The van der Waals surface area contributed by atoms with E-state index in [1.807, 2.05) is 0 Å². The van der Waals surface area contributed by atoms with Crippen LogP contribution in [0.15, 0.2) is 24.3 Å². The summed E-state index contributed by atoms with van der Waals surface area (Å²) in [5, 5.41) is 4.22. The minimum absolute atomic E-state index is 0.149. The highest BCUT2D eigenvalue weighted by Crippen LogP contribution is 2.25. The summed E-state index contributed by atoms with van der Waals surface area (Å²) < 4.78 is 54.1. The molecule has 0 N–H and O–H groups in total. The van der Waals surface area contributed by atoms with Crippen molar-refractivity contribution in [2.75, 3.05) is 37.7 Å². The largest absolute Gasteiger partial charge is 0.487 e. The lowest BCUT2D eigenvalue weighted by molar-refractivity contribution is -0.148. The Hall–Kier alpha value is -1.50. The van der Waals surface area contributed by atoms with Crippen molar-refractivity contribution in [3.8, 4) is 5.75 Å². The summed E-state index contributed by atoms with van der Waals surface area (Å²) in [4.78, 5) is 2.12. The molecule has 111 valence electrons. The summed E-state index contributed by atoms with van der Waals surface area (Å²) in [7, 11) is 0. The third-order valence-electron chi connectivity index (χ3n) is 3.01. The third-order valence-corrected chi connectivity index (χ3v) is 3.01. The Balaban J connectivity index is 1.91. The standard InChI is InChI=1S/C13H15F4N2O/c14-12(15)13(16,17)9-20-11-3-1-10(2-4-11)19-7-5-18-6-8-19/h1-4,12H,5-9H2. The highest BCUT2D eigenvalue weighted by Gasteiger charge is 2.41. The van der Waals surface area contributed by atoms with Crippen LogP contribution in [0, 0.1) is 0 Å². The van der Waals surface area contributed by atoms with Crippen molar-refractivity contribution >= 4 is 5.69 Å². The lowest BCUT2D eigenvalue weighted by Crippen LogP contribution is -2.40. The fourth-order valence-electron chi connectivity index (χ4n) is 1.86. The van der Waals surface area contributed by atoms with E-state index in [2.05, 4.69) is 10.2 Å². The van der Waals surface area contributed by atoms with Gasteiger partial charge in [0, 0.05) is 31.9 Å². The van der Waals surface area contributed by atoms with E-state index >= 15 is 0 Å². The molecule has 20 heavy (non-hydrogen) atoms. The zero-order valence-corrected chi connectivity index (χ0v) is 10.7. The van der Waals surface area contributed by atoms with Gasteiger partial charge in [-0.25, -0.2) is 14.1 Å². The van der Waals surface area contributed by atoms with Gasteiger partial charge in [0.15, 0.2) is 6.61 Å². The number of piperazine rings is 1. The first-order valence-corrected chi connectivity index (χ1v) is 6.26. The van der Waals surface area contributed by atoms with Crippen LogP contribution < -0.4 is 15.0 Å². The summed E-state index contributed by atoms with van der Waals surface area (Å²) in [6.07, 6.45) is -3.72. The van der Waals surface area contributed by atoms with Gasteiger partial charge in [-0.05, 0) is 24.3 Å². The number of rotatable bonds is 5. The van der Waals surface area contributed by atoms with E-state index in [0.717, 1.165) is 31.9 Å². The van der Waals surface area contributed by atoms with Crippen LogP contribution in [-0.2, 0) is 0 Å². The molecule has 1 heterocycles. The van der Waals surface area contributed by atoms with Crippen molar-refractivity contribution in [3.05, 3.63) is 24.3 Å². The quantitative estimate of drug-likeness (QED) is 0.779. The number of nitrogens with zero attached hydrogens (tertiary/aromatic N) is 2. The van der Waals surface area contributed by atoms with Crippen molar-refractivity contribution in [3.63, 3.8) is 0 Å². The normalized spacial score (nSPS) is 16.6. The number of alkyl halides is 4. The van der Waals surface area contributed by atoms with Gasteiger partial charge >= 0.3 is 12.3 Å². The lowest BCUT2D eigenvalue weighted by Gasteiger charge is -2.28. The molecule has 0 aliphatic carbocycles. The van der Waals surface area contributed by atoms with Gasteiger partial charge in [0.2, 0.25) is 0 Å². The Labute approximate surface area is 114 Å². The molecular formula is C13H15F4N2O. The second-order valence-corrected chi connectivity index (χ2v) is 4.50. The fraction of sp³-hybridized carbons (Fsp3) is 0.538. The molecule has 1 aromatic carbocycles. The molecule has 1 saturated heterocycles. The molecule has 0 saturated carbocycles. The van der Waals surface area contributed by atoms with E-state index in [9.17, 15) is 17.6 Å². The molecule has 0 amide bonds. The van der Waals surface area contributed by atoms with Crippen molar-refractivity contribution in [2.45, 2.75) is 12.3 Å². The third kappa shape index (κ3) is 3.75. The van der Waals surface area contributed by atoms with Crippen molar-refractivity contribution < 1.29 is 22.3 Å². The minimum Gasteiger partial charge on any atom is -0.487 e. The second-order valence-electron chi connectivity index (χ2n) is 4.50. The van der Waals surface area contributed by atoms with Crippen LogP contribution in [-0.4, -0.2) is 45.1 Å². The molecule has 3 nitrogen and oxygen atoms in total. The van der Waals surface area contributed by atoms with E-state index in [1.54, 1.807) is 12.1 Å². The first kappa shape index (κ1) is 14.9. The van der Waals surface area contributed by atoms with Crippen LogP contribution in [0.2, 0.25) is 0 Å². The number of anilines is 1. The maximum atomic E-state index is 12.7. The average molecular weight is 291 g/mol. The molecular weight excluding hydrogens is 276 g/mol. The molecule has 0 unspecified atom stereocenters. The molecule has 0 bridgehead atoms. The van der Waals surface area contributed by atoms with E-state index in [0.29, 0.717) is 0 Å². The predicted octanol–water partition coefficient (Wildman–Crippen LogP) is 2.39. The van der Waals surface area contributed by atoms with Crippen LogP contribution in [0.4, 0.5) is 23.2 Å². The number of benzene rings is 1. The average Bonchev–Trinajstić information content (AvgIpc) is 2.46. The molecule has 0 aromatic heterocycles. The van der Waals surface area contributed by atoms with Crippen molar-refractivity contribution in [1.29, 1.82) is 0 Å². The monoisotopic (exact) mass is 291 g/mol. The Morgan fingerprint density at radius 1 is 1.15 bits per heavy atom. The highest BCUT2D eigenvalue weighted by molar-refractivity contribution is 5.49. The van der Waals surface area contributed by atoms with Gasteiger partial charge in [0.1, 0.15) is 5.75 Å². The van der Waals surface area contributed by atoms with Crippen LogP contribution in [0.5, 0.6) is 5.75 Å². The zero-order valence-electron chi connectivity index (χ0n) is 10.7. The molecule has 1 radical (unpaired) electrons. The van der Waals surface area contributed by atoms with E-state index in [4.69, 9.17) is 4.74 Å². The number of hydrogen-bond donors (Lipinski definition) is 0. The number of halogens is 4. The maximum Gasteiger partial charge on any atom is 0.340 e. The smallest absolute Gasteiger partial charge is 0.340 e. The zero-order chi connectivity index (χ0) is 14.6. The number of ether oxygens (including phenoxy) is 1. The van der Waals surface area contributed by atoms with Crippen molar-refractivity contribution in [1.82, 2.24) is 5.32 Å². The molecule has 1 aliphatic rings. The highest BCUT2D eigenvalue weighted by atomic mass is 19.3. The molecule has 0 atom stereocenters. The van der Waals surface area contributed by atoms with E-state index in [-0.39, 0.29) is 5.75 Å². The van der Waals surface area contributed by atoms with Crippen LogP contribution in [0.25, 0.3) is 0 Å². The van der Waals surface area contributed by atoms with Gasteiger partial charge in [0.05, 0.1) is 0 Å². The SMILES string of the molecule is FC(F)C(F)(F)COc1ccc(N2CC[N]CC2)cc1. The van der Waals surface area contributed by atoms with E-state index in [1.165, 1.54) is 12.1 Å². The van der Waals surface area contributed by atoms with Crippen LogP contribution in [0.1, 0.15) is 0 Å². The molecule has 7 heteroatoms. The summed E-state index contributed by atoms with van der Waals surface area (Å²) in [6.45, 7) is 1.82. The topological polar surface area (TPSA) is 26.6 Å². The van der Waals surface area contributed by atoms with Crippen LogP contribution in [0.3, 0.4) is 0 Å². The second kappa shape index (κ2) is 6.30. The Kier molecular flexibility index (Phi) is 4.69. The molecule has 1 fully saturated rings. The first-order valence-electron chi connectivity index (χ1n) is 6.26. The molecule has 1 aliphatic heterocycles. The van der Waals surface area contributed by atoms with Gasteiger partial charge in [-0.15, -0.1) is 0 Å². The summed E-state index contributed by atoms with van der Waals surface area (Å²) in [6, 6.07) is 6.45. The molecule has 0 spiro atoms. The van der Waals surface area contributed by atoms with Gasteiger partial charge in [-0.3, -0.25) is 0 Å². The Morgan fingerprint density at radius 2 is 1.75 bits per heavy atom. The maximum absolute atomic E-state index is 12.7. The fourth-order valence-corrected chi connectivity index (χ4v) is 1.86. The van der Waals surface area contributed by atoms with Gasteiger partial charge < -0.3 is 9.64 Å². The first-order chi connectivity index (χ1) is 9.49. The van der Waals surface area contributed by atoms with Crippen LogP contribution >= 0.6 is 0 Å².